The molecule has 1 N–H and O–H groups in total. The van der Waals surface area contributed by atoms with Crippen molar-refractivity contribution in [1.29, 1.82) is 0 Å². The van der Waals surface area contributed by atoms with Crippen LogP contribution in [0.2, 0.25) is 0 Å². The molecular formula is C24H31N3O6S. The lowest BCUT2D eigenvalue weighted by atomic mass is 10.1. The molecule has 0 fully saturated rings. The van der Waals surface area contributed by atoms with Crippen molar-refractivity contribution < 1.29 is 27.5 Å². The van der Waals surface area contributed by atoms with Gasteiger partial charge in [-0.15, -0.1) is 0 Å². The van der Waals surface area contributed by atoms with E-state index in [1.54, 1.807) is 43.3 Å². The Labute approximate surface area is 200 Å². The van der Waals surface area contributed by atoms with E-state index in [-0.39, 0.29) is 23.9 Å². The summed E-state index contributed by atoms with van der Waals surface area (Å²) in [6.07, 6.45) is 1.32. The molecule has 0 aromatic heterocycles. The van der Waals surface area contributed by atoms with Crippen LogP contribution >= 0.6 is 0 Å². The summed E-state index contributed by atoms with van der Waals surface area (Å²) >= 11 is 0. The molecule has 0 radical (unpaired) electrons. The second-order valence-electron chi connectivity index (χ2n) is 7.79. The van der Waals surface area contributed by atoms with Crippen LogP contribution in [-0.2, 0) is 26.2 Å². The second-order valence-corrected chi connectivity index (χ2v) is 9.69. The SMILES string of the molecule is CC[C@H](C(=O)NC)N(Cc1cccc(OC)c1)C(=O)CN(c1cccc(C(C)=O)c1)S(C)(=O)=O. The van der Waals surface area contributed by atoms with Gasteiger partial charge in [0, 0.05) is 19.2 Å². The molecule has 0 spiro atoms. The van der Waals surface area contributed by atoms with Gasteiger partial charge in [0.2, 0.25) is 21.8 Å². The topological polar surface area (TPSA) is 113 Å². The fourth-order valence-electron chi connectivity index (χ4n) is 3.55. The van der Waals surface area contributed by atoms with Crippen LogP contribution in [0, 0.1) is 0 Å². The average Bonchev–Trinajstić information content (AvgIpc) is 2.81. The number of likely N-dealkylation sites (N-methyl/N-ethyl adjacent to an activating group) is 1. The van der Waals surface area contributed by atoms with E-state index in [2.05, 4.69) is 5.32 Å². The van der Waals surface area contributed by atoms with E-state index in [1.807, 2.05) is 0 Å². The molecular weight excluding hydrogens is 458 g/mol. The highest BCUT2D eigenvalue weighted by Crippen LogP contribution is 2.22. The molecule has 0 aliphatic rings. The number of benzene rings is 2. The molecule has 0 heterocycles. The first-order valence-corrected chi connectivity index (χ1v) is 12.6. The maximum absolute atomic E-state index is 13.5. The molecule has 2 amide bonds. The molecule has 0 saturated carbocycles. The number of carbonyl (C=O) groups is 3. The Morgan fingerprint density at radius 3 is 2.32 bits per heavy atom. The van der Waals surface area contributed by atoms with Crippen LogP contribution in [0.3, 0.4) is 0 Å². The monoisotopic (exact) mass is 489 g/mol. The van der Waals surface area contributed by atoms with E-state index in [0.717, 1.165) is 16.1 Å². The second kappa shape index (κ2) is 11.6. The van der Waals surface area contributed by atoms with Crippen LogP contribution in [0.25, 0.3) is 0 Å². The van der Waals surface area contributed by atoms with Crippen molar-refractivity contribution in [3.8, 4) is 5.75 Å². The predicted octanol–water partition coefficient (Wildman–Crippen LogP) is 2.22. The molecule has 34 heavy (non-hydrogen) atoms. The average molecular weight is 490 g/mol. The van der Waals surface area contributed by atoms with E-state index in [9.17, 15) is 22.8 Å². The van der Waals surface area contributed by atoms with Gasteiger partial charge in [-0.1, -0.05) is 31.2 Å². The molecule has 0 saturated heterocycles. The molecule has 2 rings (SSSR count). The zero-order valence-electron chi connectivity index (χ0n) is 20.1. The Hall–Kier alpha value is -3.40. The minimum atomic E-state index is -3.88. The molecule has 2 aromatic carbocycles. The summed E-state index contributed by atoms with van der Waals surface area (Å²) in [4.78, 5) is 39.2. The van der Waals surface area contributed by atoms with Gasteiger partial charge in [-0.05, 0) is 43.2 Å². The van der Waals surface area contributed by atoms with Crippen LogP contribution in [0.1, 0.15) is 36.2 Å². The third-order valence-corrected chi connectivity index (χ3v) is 6.48. The molecule has 184 valence electrons. The summed E-state index contributed by atoms with van der Waals surface area (Å²) < 4.78 is 31.4. The van der Waals surface area contributed by atoms with Crippen molar-refractivity contribution >= 4 is 33.3 Å². The van der Waals surface area contributed by atoms with Crippen LogP contribution < -0.4 is 14.4 Å². The Morgan fingerprint density at radius 2 is 1.76 bits per heavy atom. The Bertz CT molecular complexity index is 1150. The van der Waals surface area contributed by atoms with E-state index in [1.165, 1.54) is 38.1 Å². The summed E-state index contributed by atoms with van der Waals surface area (Å²) in [5, 5.41) is 2.57. The number of sulfonamides is 1. The fraction of sp³-hybridized carbons (Fsp3) is 0.375. The minimum absolute atomic E-state index is 0.0764. The largest absolute Gasteiger partial charge is 0.497 e. The summed E-state index contributed by atoms with van der Waals surface area (Å²) in [7, 11) is -0.867. The normalized spacial score (nSPS) is 11.9. The molecule has 0 aliphatic heterocycles. The highest BCUT2D eigenvalue weighted by atomic mass is 32.2. The number of nitrogens with zero attached hydrogens (tertiary/aromatic N) is 2. The highest BCUT2D eigenvalue weighted by molar-refractivity contribution is 7.92. The van der Waals surface area contributed by atoms with Crippen molar-refractivity contribution in [2.75, 3.05) is 31.3 Å². The number of ketones is 1. The lowest BCUT2D eigenvalue weighted by molar-refractivity contribution is -0.140. The number of anilines is 1. The van der Waals surface area contributed by atoms with Gasteiger partial charge in [0.1, 0.15) is 18.3 Å². The predicted molar refractivity (Wildman–Crippen MR) is 130 cm³/mol. The lowest BCUT2D eigenvalue weighted by Gasteiger charge is -2.32. The van der Waals surface area contributed by atoms with Crippen molar-refractivity contribution in [2.24, 2.45) is 0 Å². The smallest absolute Gasteiger partial charge is 0.244 e. The van der Waals surface area contributed by atoms with Gasteiger partial charge in [0.25, 0.3) is 0 Å². The number of hydrogen-bond donors (Lipinski definition) is 1. The number of amides is 2. The number of ether oxygens (including phenoxy) is 1. The van der Waals surface area contributed by atoms with E-state index in [0.29, 0.717) is 17.7 Å². The van der Waals surface area contributed by atoms with Crippen LogP contribution in [0.5, 0.6) is 5.75 Å². The van der Waals surface area contributed by atoms with Gasteiger partial charge in [0.15, 0.2) is 5.78 Å². The molecule has 9 nitrogen and oxygen atoms in total. The Balaban J connectivity index is 2.47. The van der Waals surface area contributed by atoms with Gasteiger partial charge in [-0.2, -0.15) is 0 Å². The van der Waals surface area contributed by atoms with Crippen molar-refractivity contribution in [3.63, 3.8) is 0 Å². The maximum atomic E-state index is 13.5. The quantitative estimate of drug-likeness (QED) is 0.484. The third kappa shape index (κ3) is 6.80. The lowest BCUT2D eigenvalue weighted by Crippen LogP contribution is -2.51. The zero-order valence-corrected chi connectivity index (χ0v) is 20.9. The summed E-state index contributed by atoms with van der Waals surface area (Å²) in [6, 6.07) is 12.3. The maximum Gasteiger partial charge on any atom is 0.244 e. The highest BCUT2D eigenvalue weighted by Gasteiger charge is 2.31. The number of rotatable bonds is 11. The number of nitrogens with one attached hydrogen (secondary N) is 1. The number of Topliss-reactive ketones (excluding diaryl/α,β-unsaturated/α-hetero) is 1. The van der Waals surface area contributed by atoms with Crippen LogP contribution in [0.4, 0.5) is 5.69 Å². The molecule has 0 bridgehead atoms. The Kier molecular flexibility index (Phi) is 9.19. The third-order valence-electron chi connectivity index (χ3n) is 5.34. The summed E-state index contributed by atoms with van der Waals surface area (Å²) in [5.74, 6) is -0.552. The number of carbonyl (C=O) groups excluding carboxylic acids is 3. The molecule has 2 aromatic rings. The van der Waals surface area contributed by atoms with Gasteiger partial charge in [-0.25, -0.2) is 8.42 Å². The molecule has 1 atom stereocenters. The van der Waals surface area contributed by atoms with Gasteiger partial charge >= 0.3 is 0 Å². The van der Waals surface area contributed by atoms with Crippen LogP contribution in [-0.4, -0.2) is 63.9 Å². The van der Waals surface area contributed by atoms with Gasteiger partial charge in [0.05, 0.1) is 19.1 Å². The summed E-state index contributed by atoms with van der Waals surface area (Å²) in [5.41, 5.74) is 1.24. The first-order chi connectivity index (χ1) is 16.0. The molecule has 0 aliphatic carbocycles. The summed E-state index contributed by atoms with van der Waals surface area (Å²) in [6.45, 7) is 2.70. The van der Waals surface area contributed by atoms with E-state index < -0.39 is 28.5 Å². The molecule has 0 unspecified atom stereocenters. The molecule has 10 heteroatoms. The first kappa shape index (κ1) is 26.8. The van der Waals surface area contributed by atoms with Gasteiger partial charge < -0.3 is 15.0 Å². The van der Waals surface area contributed by atoms with Crippen molar-refractivity contribution in [1.82, 2.24) is 10.2 Å². The van der Waals surface area contributed by atoms with Gasteiger partial charge in [-0.3, -0.25) is 18.7 Å². The number of methoxy groups -OCH3 is 1. The fourth-order valence-corrected chi connectivity index (χ4v) is 4.39. The first-order valence-electron chi connectivity index (χ1n) is 10.7. The minimum Gasteiger partial charge on any atom is -0.497 e. The van der Waals surface area contributed by atoms with Crippen LogP contribution in [0.15, 0.2) is 48.5 Å². The number of hydrogen-bond acceptors (Lipinski definition) is 6. The van der Waals surface area contributed by atoms with Crippen molar-refractivity contribution in [3.05, 3.63) is 59.7 Å². The van der Waals surface area contributed by atoms with E-state index in [4.69, 9.17) is 4.74 Å². The standard InChI is InChI=1S/C24H31N3O6S/c1-6-22(24(30)25-3)26(15-18-9-7-12-21(13-18)33-4)23(29)16-27(34(5,31)32)20-11-8-10-19(14-20)17(2)28/h7-14,22H,6,15-16H2,1-5H3,(H,25,30)/t22-/m1/s1. The van der Waals surface area contributed by atoms with E-state index >= 15 is 0 Å². The zero-order chi connectivity index (χ0) is 25.5. The van der Waals surface area contributed by atoms with Crippen molar-refractivity contribution in [2.45, 2.75) is 32.9 Å². The Morgan fingerprint density at radius 1 is 1.09 bits per heavy atom.